The second-order valence-corrected chi connectivity index (χ2v) is 9.31. The Morgan fingerprint density at radius 1 is 1.07 bits per heavy atom. The van der Waals surface area contributed by atoms with Crippen LogP contribution in [0.2, 0.25) is 10.0 Å². The van der Waals surface area contributed by atoms with E-state index in [0.29, 0.717) is 21.5 Å². The fraction of sp³-hybridized carbons (Fsp3) is 0.278. The van der Waals surface area contributed by atoms with Gasteiger partial charge in [-0.05, 0) is 63.2 Å². The molecule has 0 aliphatic heterocycles. The Morgan fingerprint density at radius 3 is 2.30 bits per heavy atom. The molecule has 0 fully saturated rings. The second kappa shape index (κ2) is 8.48. The van der Waals surface area contributed by atoms with Crippen molar-refractivity contribution in [2.24, 2.45) is 0 Å². The zero-order valence-corrected chi connectivity index (χ0v) is 17.4. The van der Waals surface area contributed by atoms with Crippen molar-refractivity contribution in [1.82, 2.24) is 4.72 Å². The SMILES string of the molecule is CC(C)(C)NS(=O)(=O)c1ccc(OCC(=O)Nc2cc(Cl)ccc2Cl)cc1. The molecule has 146 valence electrons. The highest BCUT2D eigenvalue weighted by Crippen LogP contribution is 2.25. The van der Waals surface area contributed by atoms with Gasteiger partial charge in [-0.15, -0.1) is 0 Å². The second-order valence-electron chi connectivity index (χ2n) is 6.79. The van der Waals surface area contributed by atoms with E-state index in [1.807, 2.05) is 0 Å². The zero-order valence-electron chi connectivity index (χ0n) is 15.0. The molecule has 1 amide bonds. The number of nitrogens with one attached hydrogen (secondary N) is 2. The fourth-order valence-corrected chi connectivity index (χ4v) is 3.86. The standard InChI is InChI=1S/C18H20Cl2N2O4S/c1-18(2,3)22-27(24,25)14-7-5-13(6-8-14)26-11-17(23)21-16-10-12(19)4-9-15(16)20/h4-10,22H,11H2,1-3H3,(H,21,23). The summed E-state index contributed by atoms with van der Waals surface area (Å²) in [6, 6.07) is 10.5. The van der Waals surface area contributed by atoms with E-state index in [0.717, 1.165) is 0 Å². The molecule has 0 unspecified atom stereocenters. The highest BCUT2D eigenvalue weighted by atomic mass is 35.5. The van der Waals surface area contributed by atoms with E-state index in [1.54, 1.807) is 32.9 Å². The van der Waals surface area contributed by atoms with Gasteiger partial charge in [0.05, 0.1) is 15.6 Å². The van der Waals surface area contributed by atoms with Gasteiger partial charge in [0.1, 0.15) is 5.75 Å². The molecule has 2 aromatic rings. The largest absolute Gasteiger partial charge is 0.484 e. The number of halogens is 2. The molecule has 0 saturated carbocycles. The number of hydrogen-bond donors (Lipinski definition) is 2. The van der Waals surface area contributed by atoms with E-state index in [9.17, 15) is 13.2 Å². The predicted molar refractivity (Wildman–Crippen MR) is 107 cm³/mol. The van der Waals surface area contributed by atoms with Crippen LogP contribution in [0.4, 0.5) is 5.69 Å². The fourth-order valence-electron chi connectivity index (χ4n) is 2.11. The van der Waals surface area contributed by atoms with Crippen LogP contribution in [0, 0.1) is 0 Å². The summed E-state index contributed by atoms with van der Waals surface area (Å²) >= 11 is 11.9. The van der Waals surface area contributed by atoms with Gasteiger partial charge >= 0.3 is 0 Å². The van der Waals surface area contributed by atoms with Gasteiger partial charge in [-0.1, -0.05) is 23.2 Å². The van der Waals surface area contributed by atoms with E-state index < -0.39 is 21.5 Å². The maximum absolute atomic E-state index is 12.2. The normalized spacial score (nSPS) is 11.9. The van der Waals surface area contributed by atoms with E-state index in [-0.39, 0.29) is 11.5 Å². The Morgan fingerprint density at radius 2 is 1.70 bits per heavy atom. The zero-order chi connectivity index (χ0) is 20.2. The molecule has 0 aliphatic rings. The number of rotatable bonds is 6. The molecule has 27 heavy (non-hydrogen) atoms. The topological polar surface area (TPSA) is 84.5 Å². The highest BCUT2D eigenvalue weighted by molar-refractivity contribution is 7.89. The maximum Gasteiger partial charge on any atom is 0.262 e. The third-order valence-corrected chi connectivity index (χ3v) is 5.49. The molecule has 0 bridgehead atoms. The van der Waals surface area contributed by atoms with Crippen LogP contribution >= 0.6 is 23.2 Å². The summed E-state index contributed by atoms with van der Waals surface area (Å²) in [4.78, 5) is 12.1. The van der Waals surface area contributed by atoms with Crippen LogP contribution < -0.4 is 14.8 Å². The minimum Gasteiger partial charge on any atom is -0.484 e. The van der Waals surface area contributed by atoms with Crippen LogP contribution in [0.1, 0.15) is 20.8 Å². The first-order valence-electron chi connectivity index (χ1n) is 7.98. The molecule has 0 saturated heterocycles. The minimum atomic E-state index is -3.63. The van der Waals surface area contributed by atoms with Gasteiger partial charge in [0.25, 0.3) is 5.91 Å². The number of carbonyl (C=O) groups excluding carboxylic acids is 1. The Kier molecular flexibility index (Phi) is 6.75. The predicted octanol–water partition coefficient (Wildman–Crippen LogP) is 4.09. The molecule has 9 heteroatoms. The lowest BCUT2D eigenvalue weighted by Crippen LogP contribution is -2.40. The summed E-state index contributed by atoms with van der Waals surface area (Å²) in [6.45, 7) is 5.00. The van der Waals surface area contributed by atoms with Crippen LogP contribution in [-0.4, -0.2) is 26.5 Å². The van der Waals surface area contributed by atoms with E-state index >= 15 is 0 Å². The van der Waals surface area contributed by atoms with Crippen molar-refractivity contribution in [3.05, 3.63) is 52.5 Å². The van der Waals surface area contributed by atoms with Crippen molar-refractivity contribution in [2.75, 3.05) is 11.9 Å². The molecular formula is C18H20Cl2N2O4S. The maximum atomic E-state index is 12.2. The third-order valence-electron chi connectivity index (χ3n) is 3.15. The third kappa shape index (κ3) is 6.70. The number of sulfonamides is 1. The Bertz CT molecular complexity index is 923. The number of hydrogen-bond acceptors (Lipinski definition) is 4. The van der Waals surface area contributed by atoms with Crippen molar-refractivity contribution >= 4 is 44.8 Å². The van der Waals surface area contributed by atoms with Crippen LogP contribution in [0.15, 0.2) is 47.4 Å². The highest BCUT2D eigenvalue weighted by Gasteiger charge is 2.21. The summed E-state index contributed by atoms with van der Waals surface area (Å²) in [6.07, 6.45) is 0. The monoisotopic (exact) mass is 430 g/mol. The molecule has 0 atom stereocenters. The lowest BCUT2D eigenvalue weighted by Gasteiger charge is -2.20. The molecule has 2 rings (SSSR count). The van der Waals surface area contributed by atoms with Crippen molar-refractivity contribution in [3.8, 4) is 5.75 Å². The van der Waals surface area contributed by atoms with E-state index in [4.69, 9.17) is 27.9 Å². The Balaban J connectivity index is 1.97. The summed E-state index contributed by atoms with van der Waals surface area (Å²) in [5.41, 5.74) is -0.208. The van der Waals surface area contributed by atoms with Gasteiger partial charge in [-0.2, -0.15) is 0 Å². The molecular weight excluding hydrogens is 411 g/mol. The molecule has 6 nitrogen and oxygen atoms in total. The minimum absolute atomic E-state index is 0.111. The van der Waals surface area contributed by atoms with Crippen LogP contribution in [-0.2, 0) is 14.8 Å². The Labute approximate surface area is 168 Å². The molecule has 0 aromatic heterocycles. The lowest BCUT2D eigenvalue weighted by atomic mass is 10.1. The quantitative estimate of drug-likeness (QED) is 0.722. The van der Waals surface area contributed by atoms with Crippen molar-refractivity contribution < 1.29 is 17.9 Å². The number of carbonyl (C=O) groups is 1. The van der Waals surface area contributed by atoms with Gasteiger partial charge in [-0.3, -0.25) is 4.79 Å². The number of anilines is 1. The van der Waals surface area contributed by atoms with Gasteiger partial charge < -0.3 is 10.1 Å². The molecule has 2 aromatic carbocycles. The van der Waals surface area contributed by atoms with Gasteiger partial charge in [0, 0.05) is 10.6 Å². The van der Waals surface area contributed by atoms with Crippen molar-refractivity contribution in [2.45, 2.75) is 31.2 Å². The number of amides is 1. The van der Waals surface area contributed by atoms with Crippen molar-refractivity contribution in [1.29, 1.82) is 0 Å². The summed E-state index contributed by atoms with van der Waals surface area (Å²) in [7, 11) is -3.63. The molecule has 0 spiro atoms. The molecule has 2 N–H and O–H groups in total. The number of benzene rings is 2. The van der Waals surface area contributed by atoms with Gasteiger partial charge in [0.15, 0.2) is 6.61 Å². The molecule has 0 heterocycles. The van der Waals surface area contributed by atoms with Crippen LogP contribution in [0.25, 0.3) is 0 Å². The summed E-state index contributed by atoms with van der Waals surface area (Å²) < 4.78 is 32.4. The first-order valence-corrected chi connectivity index (χ1v) is 10.2. The average molecular weight is 431 g/mol. The Hall–Kier alpha value is -1.80. The molecule has 0 radical (unpaired) electrons. The molecule has 0 aliphatic carbocycles. The van der Waals surface area contributed by atoms with E-state index in [2.05, 4.69) is 10.0 Å². The van der Waals surface area contributed by atoms with E-state index in [1.165, 1.54) is 30.3 Å². The average Bonchev–Trinajstić information content (AvgIpc) is 2.54. The van der Waals surface area contributed by atoms with Gasteiger partial charge in [-0.25, -0.2) is 13.1 Å². The van der Waals surface area contributed by atoms with Crippen LogP contribution in [0.5, 0.6) is 5.75 Å². The first-order chi connectivity index (χ1) is 12.5. The lowest BCUT2D eigenvalue weighted by molar-refractivity contribution is -0.118. The number of ether oxygens (including phenoxy) is 1. The van der Waals surface area contributed by atoms with Crippen LogP contribution in [0.3, 0.4) is 0 Å². The van der Waals surface area contributed by atoms with Gasteiger partial charge in [0.2, 0.25) is 10.0 Å². The summed E-state index contributed by atoms with van der Waals surface area (Å²) in [5, 5.41) is 3.39. The summed E-state index contributed by atoms with van der Waals surface area (Å²) in [5.74, 6) is -0.0673. The first kappa shape index (κ1) is 21.5. The van der Waals surface area contributed by atoms with Crippen molar-refractivity contribution in [3.63, 3.8) is 0 Å². The smallest absolute Gasteiger partial charge is 0.262 e.